The van der Waals surface area contributed by atoms with Crippen LogP contribution in [0.5, 0.6) is 0 Å². The van der Waals surface area contributed by atoms with Crippen LogP contribution in [0.2, 0.25) is 0 Å². The molecule has 8 heteroatoms. The molecule has 0 aromatic carbocycles. The summed E-state index contributed by atoms with van der Waals surface area (Å²) in [6.45, 7) is 2.33. The molecule has 1 unspecified atom stereocenters. The van der Waals surface area contributed by atoms with E-state index in [1.54, 1.807) is 0 Å². The molecular formula is C12H18N2O4S2. The fourth-order valence-electron chi connectivity index (χ4n) is 2.32. The average Bonchev–Trinajstić information content (AvgIpc) is 2.87. The van der Waals surface area contributed by atoms with Crippen molar-refractivity contribution in [3.63, 3.8) is 0 Å². The van der Waals surface area contributed by atoms with E-state index in [-0.39, 0.29) is 9.09 Å². The van der Waals surface area contributed by atoms with E-state index in [9.17, 15) is 13.2 Å². The Hall–Kier alpha value is -0.960. The largest absolute Gasteiger partial charge is 0.477 e. The highest BCUT2D eigenvalue weighted by Crippen LogP contribution is 2.22. The first-order chi connectivity index (χ1) is 9.38. The van der Waals surface area contributed by atoms with Crippen molar-refractivity contribution in [1.82, 2.24) is 9.62 Å². The fraction of sp³-hybridized carbons (Fsp3) is 0.583. The van der Waals surface area contributed by atoms with E-state index < -0.39 is 16.0 Å². The molecule has 0 aliphatic carbocycles. The van der Waals surface area contributed by atoms with Gasteiger partial charge in [-0.25, -0.2) is 17.9 Å². The van der Waals surface area contributed by atoms with E-state index in [1.165, 1.54) is 12.1 Å². The van der Waals surface area contributed by atoms with Gasteiger partial charge in [0.25, 0.3) is 0 Å². The van der Waals surface area contributed by atoms with Gasteiger partial charge in [0.05, 0.1) is 0 Å². The summed E-state index contributed by atoms with van der Waals surface area (Å²) < 4.78 is 26.8. The van der Waals surface area contributed by atoms with E-state index >= 15 is 0 Å². The van der Waals surface area contributed by atoms with Crippen LogP contribution in [0.15, 0.2) is 16.3 Å². The highest BCUT2D eigenvalue weighted by Gasteiger charge is 2.22. The molecule has 1 saturated heterocycles. The molecule has 1 aliphatic rings. The molecule has 2 heterocycles. The molecule has 0 amide bonds. The van der Waals surface area contributed by atoms with Crippen molar-refractivity contribution in [2.24, 2.45) is 5.92 Å². The van der Waals surface area contributed by atoms with E-state index in [4.69, 9.17) is 5.11 Å². The third kappa shape index (κ3) is 3.78. The van der Waals surface area contributed by atoms with Crippen molar-refractivity contribution in [2.45, 2.75) is 17.1 Å². The number of nitrogens with zero attached hydrogens (tertiary/aromatic N) is 1. The SMILES string of the molecule is CN1CCCC(CNS(=O)(=O)c2ccc(C(=O)O)s2)C1. The van der Waals surface area contributed by atoms with Crippen molar-refractivity contribution < 1.29 is 18.3 Å². The Morgan fingerprint density at radius 2 is 2.30 bits per heavy atom. The van der Waals surface area contributed by atoms with Gasteiger partial charge in [-0.05, 0) is 44.5 Å². The molecule has 1 atom stereocenters. The zero-order valence-corrected chi connectivity index (χ0v) is 12.8. The number of hydrogen-bond donors (Lipinski definition) is 2. The van der Waals surface area contributed by atoms with Gasteiger partial charge >= 0.3 is 5.97 Å². The minimum atomic E-state index is -3.60. The summed E-state index contributed by atoms with van der Waals surface area (Å²) >= 11 is 0.775. The van der Waals surface area contributed by atoms with Crippen LogP contribution in [-0.4, -0.2) is 51.1 Å². The molecule has 1 aromatic rings. The van der Waals surface area contributed by atoms with Crippen LogP contribution in [0.1, 0.15) is 22.5 Å². The normalized spacial score (nSPS) is 20.9. The summed E-state index contributed by atoms with van der Waals surface area (Å²) in [7, 11) is -1.58. The molecule has 1 aliphatic heterocycles. The zero-order valence-electron chi connectivity index (χ0n) is 11.2. The van der Waals surface area contributed by atoms with Gasteiger partial charge in [0.2, 0.25) is 10.0 Å². The Bertz CT molecular complexity index is 582. The number of nitrogens with one attached hydrogen (secondary N) is 1. The summed E-state index contributed by atoms with van der Waals surface area (Å²) in [4.78, 5) is 13.0. The van der Waals surface area contributed by atoms with Gasteiger partial charge in [0.1, 0.15) is 9.09 Å². The molecule has 20 heavy (non-hydrogen) atoms. The van der Waals surface area contributed by atoms with Crippen LogP contribution >= 0.6 is 11.3 Å². The third-order valence-electron chi connectivity index (χ3n) is 3.34. The summed E-state index contributed by atoms with van der Waals surface area (Å²) in [5.41, 5.74) is 0. The molecule has 0 saturated carbocycles. The summed E-state index contributed by atoms with van der Waals surface area (Å²) in [5.74, 6) is -0.798. The standard InChI is InChI=1S/C12H18N2O4S2/c1-14-6-2-3-9(8-14)7-13-20(17,18)11-5-4-10(19-11)12(15)16/h4-5,9,13H,2-3,6-8H2,1H3,(H,15,16). The molecule has 0 radical (unpaired) electrons. The minimum Gasteiger partial charge on any atom is -0.477 e. The number of carboxylic acids is 1. The van der Waals surface area contributed by atoms with Gasteiger partial charge in [-0.15, -0.1) is 11.3 Å². The van der Waals surface area contributed by atoms with E-state index in [0.29, 0.717) is 12.5 Å². The predicted octanol–water partition coefficient (Wildman–Crippen LogP) is 1.07. The molecule has 0 spiro atoms. The maximum atomic E-state index is 12.1. The third-order valence-corrected chi connectivity index (χ3v) is 6.33. The Morgan fingerprint density at radius 3 is 2.90 bits per heavy atom. The van der Waals surface area contributed by atoms with Crippen LogP contribution in [0.4, 0.5) is 0 Å². The molecule has 2 rings (SSSR count). The Balaban J connectivity index is 1.98. The van der Waals surface area contributed by atoms with Crippen LogP contribution in [0.3, 0.4) is 0 Å². The number of piperidine rings is 1. The van der Waals surface area contributed by atoms with Gasteiger partial charge in [-0.2, -0.15) is 0 Å². The Labute approximate surface area is 122 Å². The van der Waals surface area contributed by atoms with Crippen LogP contribution < -0.4 is 4.72 Å². The summed E-state index contributed by atoms with van der Waals surface area (Å²) in [6.07, 6.45) is 2.09. The first kappa shape index (κ1) is 15.4. The smallest absolute Gasteiger partial charge is 0.345 e. The average molecular weight is 318 g/mol. The van der Waals surface area contributed by atoms with Crippen LogP contribution in [0, 0.1) is 5.92 Å². The number of rotatable bonds is 5. The molecule has 1 aromatic heterocycles. The van der Waals surface area contributed by atoms with Crippen molar-refractivity contribution in [3.05, 3.63) is 17.0 Å². The topological polar surface area (TPSA) is 86.7 Å². The predicted molar refractivity (Wildman–Crippen MR) is 76.7 cm³/mol. The van der Waals surface area contributed by atoms with Crippen molar-refractivity contribution in [3.8, 4) is 0 Å². The van der Waals surface area contributed by atoms with Crippen molar-refractivity contribution in [2.75, 3.05) is 26.7 Å². The highest BCUT2D eigenvalue weighted by atomic mass is 32.2. The zero-order chi connectivity index (χ0) is 14.8. The lowest BCUT2D eigenvalue weighted by molar-refractivity contribution is 0.0702. The number of sulfonamides is 1. The number of likely N-dealkylation sites (tertiary alicyclic amines) is 1. The van der Waals surface area contributed by atoms with Crippen molar-refractivity contribution >= 4 is 27.3 Å². The summed E-state index contributed by atoms with van der Waals surface area (Å²) in [5, 5.41) is 8.82. The van der Waals surface area contributed by atoms with Crippen LogP contribution in [-0.2, 0) is 10.0 Å². The number of thiophene rings is 1. The lowest BCUT2D eigenvalue weighted by Crippen LogP contribution is -2.38. The first-order valence-electron chi connectivity index (χ1n) is 6.40. The quantitative estimate of drug-likeness (QED) is 0.848. The van der Waals surface area contributed by atoms with E-state index in [0.717, 1.165) is 37.3 Å². The lowest BCUT2D eigenvalue weighted by atomic mass is 9.99. The van der Waals surface area contributed by atoms with Gasteiger partial charge in [0.15, 0.2) is 0 Å². The van der Waals surface area contributed by atoms with Gasteiger partial charge in [-0.1, -0.05) is 0 Å². The minimum absolute atomic E-state index is 0.0303. The fourth-order valence-corrected chi connectivity index (χ4v) is 4.62. The van der Waals surface area contributed by atoms with Gasteiger partial charge in [-0.3, -0.25) is 0 Å². The number of carbonyl (C=O) groups is 1. The Morgan fingerprint density at radius 1 is 1.55 bits per heavy atom. The van der Waals surface area contributed by atoms with Gasteiger partial charge < -0.3 is 10.0 Å². The van der Waals surface area contributed by atoms with E-state index in [1.807, 2.05) is 7.05 Å². The second kappa shape index (κ2) is 6.21. The van der Waals surface area contributed by atoms with E-state index in [2.05, 4.69) is 9.62 Å². The molecule has 112 valence electrons. The van der Waals surface area contributed by atoms with Gasteiger partial charge in [0, 0.05) is 13.1 Å². The maximum absolute atomic E-state index is 12.1. The van der Waals surface area contributed by atoms with Crippen LogP contribution in [0.25, 0.3) is 0 Å². The number of carboxylic acid groups (broad SMARTS) is 1. The monoisotopic (exact) mass is 318 g/mol. The number of hydrogen-bond acceptors (Lipinski definition) is 5. The molecular weight excluding hydrogens is 300 g/mol. The highest BCUT2D eigenvalue weighted by molar-refractivity contribution is 7.91. The molecule has 2 N–H and O–H groups in total. The van der Waals surface area contributed by atoms with Crippen molar-refractivity contribution in [1.29, 1.82) is 0 Å². The second-order valence-electron chi connectivity index (χ2n) is 5.05. The second-order valence-corrected chi connectivity index (χ2v) is 8.12. The maximum Gasteiger partial charge on any atom is 0.345 e. The molecule has 1 fully saturated rings. The Kier molecular flexibility index (Phi) is 4.79. The molecule has 0 bridgehead atoms. The number of aromatic carboxylic acids is 1. The molecule has 6 nitrogen and oxygen atoms in total. The summed E-state index contributed by atoms with van der Waals surface area (Å²) in [6, 6.07) is 2.65. The first-order valence-corrected chi connectivity index (χ1v) is 8.70. The lowest BCUT2D eigenvalue weighted by Gasteiger charge is -2.29.